The molecule has 94 valence electrons. The van der Waals surface area contributed by atoms with Crippen molar-refractivity contribution in [3.8, 4) is 0 Å². The van der Waals surface area contributed by atoms with E-state index >= 15 is 0 Å². The van der Waals surface area contributed by atoms with E-state index < -0.39 is 0 Å². The van der Waals surface area contributed by atoms with E-state index in [9.17, 15) is 0 Å². The molecule has 3 rings (SSSR count). The molecule has 1 N–H and O–H groups in total. The van der Waals surface area contributed by atoms with Crippen molar-refractivity contribution in [1.29, 1.82) is 0 Å². The van der Waals surface area contributed by atoms with Crippen LogP contribution in [0.5, 0.6) is 0 Å². The first-order valence-corrected chi connectivity index (χ1v) is 6.78. The van der Waals surface area contributed by atoms with E-state index in [1.165, 1.54) is 25.7 Å². The molecule has 2 aliphatic rings. The van der Waals surface area contributed by atoms with Gasteiger partial charge in [0.1, 0.15) is 0 Å². The number of hydrogen-bond donors (Lipinski definition) is 1. The standard InChI is InChI=1S/C13H22N4/c1-14-13(7-11-8-17(2)16-15-11)12-6-9-3-4-10(12)5-9/h8-10,12-14H,3-7H2,1-2H3. The van der Waals surface area contributed by atoms with Gasteiger partial charge in [-0.25, -0.2) is 0 Å². The number of fused-ring (bicyclic) bond motifs is 2. The second-order valence-corrected chi connectivity index (χ2v) is 5.82. The minimum Gasteiger partial charge on any atom is -0.316 e. The lowest BCUT2D eigenvalue weighted by atomic mass is 9.81. The van der Waals surface area contributed by atoms with Crippen LogP contribution in [0.1, 0.15) is 31.4 Å². The summed E-state index contributed by atoms with van der Waals surface area (Å²) in [4.78, 5) is 0. The number of hydrogen-bond acceptors (Lipinski definition) is 3. The number of rotatable bonds is 4. The molecule has 0 radical (unpaired) electrons. The maximum absolute atomic E-state index is 4.21. The van der Waals surface area contributed by atoms with Crippen LogP contribution in [0.15, 0.2) is 6.20 Å². The van der Waals surface area contributed by atoms with Gasteiger partial charge in [0.25, 0.3) is 0 Å². The molecule has 2 fully saturated rings. The first kappa shape index (κ1) is 11.2. The highest BCUT2D eigenvalue weighted by molar-refractivity contribution is 5.01. The van der Waals surface area contributed by atoms with Gasteiger partial charge in [-0.3, -0.25) is 4.68 Å². The van der Waals surface area contributed by atoms with Crippen molar-refractivity contribution >= 4 is 0 Å². The molecule has 1 aromatic heterocycles. The summed E-state index contributed by atoms with van der Waals surface area (Å²) in [6, 6.07) is 0.585. The smallest absolute Gasteiger partial charge is 0.0842 e. The quantitative estimate of drug-likeness (QED) is 0.856. The number of aromatic nitrogens is 3. The number of nitrogens with one attached hydrogen (secondary N) is 1. The Balaban J connectivity index is 1.67. The van der Waals surface area contributed by atoms with Crippen LogP contribution >= 0.6 is 0 Å². The van der Waals surface area contributed by atoms with Gasteiger partial charge in [-0.15, -0.1) is 5.10 Å². The zero-order valence-electron chi connectivity index (χ0n) is 10.8. The van der Waals surface area contributed by atoms with Crippen molar-refractivity contribution in [3.63, 3.8) is 0 Å². The Morgan fingerprint density at radius 1 is 1.47 bits per heavy atom. The summed E-state index contributed by atoms with van der Waals surface area (Å²) >= 11 is 0. The molecule has 0 aromatic carbocycles. The molecule has 0 spiro atoms. The summed E-state index contributed by atoms with van der Waals surface area (Å²) in [5.41, 5.74) is 1.12. The van der Waals surface area contributed by atoms with Crippen molar-refractivity contribution in [2.45, 2.75) is 38.1 Å². The van der Waals surface area contributed by atoms with E-state index in [1.54, 1.807) is 4.68 Å². The summed E-state index contributed by atoms with van der Waals surface area (Å²) < 4.78 is 1.79. The molecule has 4 unspecified atom stereocenters. The van der Waals surface area contributed by atoms with Crippen LogP contribution in [0, 0.1) is 17.8 Å². The maximum atomic E-state index is 4.21. The Bertz CT molecular complexity index is 387. The predicted octanol–water partition coefficient (Wildman–Crippen LogP) is 1.38. The largest absolute Gasteiger partial charge is 0.316 e. The maximum Gasteiger partial charge on any atom is 0.0842 e. The monoisotopic (exact) mass is 234 g/mol. The Morgan fingerprint density at radius 3 is 2.88 bits per heavy atom. The molecule has 0 amide bonds. The summed E-state index contributed by atoms with van der Waals surface area (Å²) in [7, 11) is 4.02. The second-order valence-electron chi connectivity index (χ2n) is 5.82. The van der Waals surface area contributed by atoms with E-state index in [4.69, 9.17) is 0 Å². The highest BCUT2D eigenvalue weighted by Crippen LogP contribution is 2.49. The summed E-state index contributed by atoms with van der Waals surface area (Å²) in [5, 5.41) is 11.7. The molecule has 4 nitrogen and oxygen atoms in total. The van der Waals surface area contributed by atoms with Gasteiger partial charge < -0.3 is 5.32 Å². The van der Waals surface area contributed by atoms with Crippen molar-refractivity contribution in [2.24, 2.45) is 24.8 Å². The highest BCUT2D eigenvalue weighted by atomic mass is 15.4. The third-order valence-corrected chi connectivity index (χ3v) is 4.76. The molecule has 1 aromatic rings. The van der Waals surface area contributed by atoms with E-state index in [0.717, 1.165) is 29.9 Å². The average Bonchev–Trinajstić information content (AvgIpc) is 3.01. The molecule has 17 heavy (non-hydrogen) atoms. The number of nitrogens with zero attached hydrogens (tertiary/aromatic N) is 3. The predicted molar refractivity (Wildman–Crippen MR) is 66.5 cm³/mol. The zero-order valence-corrected chi connectivity index (χ0v) is 10.8. The fraction of sp³-hybridized carbons (Fsp3) is 0.846. The van der Waals surface area contributed by atoms with Crippen LogP contribution in [0.25, 0.3) is 0 Å². The van der Waals surface area contributed by atoms with Crippen molar-refractivity contribution in [1.82, 2.24) is 20.3 Å². The van der Waals surface area contributed by atoms with Gasteiger partial charge in [0.2, 0.25) is 0 Å². The molecular formula is C13H22N4. The first-order chi connectivity index (χ1) is 8.26. The topological polar surface area (TPSA) is 42.7 Å². The van der Waals surface area contributed by atoms with Crippen molar-refractivity contribution in [2.75, 3.05) is 7.05 Å². The Hall–Kier alpha value is -0.900. The van der Waals surface area contributed by atoms with Gasteiger partial charge in [0.05, 0.1) is 5.69 Å². The van der Waals surface area contributed by atoms with Gasteiger partial charge in [-0.1, -0.05) is 11.6 Å². The van der Waals surface area contributed by atoms with E-state index in [2.05, 4.69) is 22.7 Å². The van der Waals surface area contributed by atoms with Crippen molar-refractivity contribution in [3.05, 3.63) is 11.9 Å². The highest BCUT2D eigenvalue weighted by Gasteiger charge is 2.42. The van der Waals surface area contributed by atoms with E-state index in [1.807, 2.05) is 13.2 Å². The molecule has 2 bridgehead atoms. The number of aryl methyl sites for hydroxylation is 1. The minimum atomic E-state index is 0.585. The first-order valence-electron chi connectivity index (χ1n) is 6.78. The van der Waals surface area contributed by atoms with Crippen LogP contribution < -0.4 is 5.32 Å². The minimum absolute atomic E-state index is 0.585. The Morgan fingerprint density at radius 2 is 2.35 bits per heavy atom. The third-order valence-electron chi connectivity index (χ3n) is 4.76. The van der Waals surface area contributed by atoms with Crippen molar-refractivity contribution < 1.29 is 0 Å². The number of likely N-dealkylation sites (N-methyl/N-ethyl adjacent to an activating group) is 1. The van der Waals surface area contributed by atoms with Gasteiger partial charge in [-0.2, -0.15) is 0 Å². The molecular weight excluding hydrogens is 212 g/mol. The normalized spacial score (nSPS) is 33.2. The Kier molecular flexibility index (Phi) is 2.90. The fourth-order valence-electron chi connectivity index (χ4n) is 3.97. The molecule has 0 saturated heterocycles. The molecule has 0 aliphatic heterocycles. The van der Waals surface area contributed by atoms with Crippen LogP contribution in [-0.2, 0) is 13.5 Å². The van der Waals surface area contributed by atoms with Gasteiger partial charge in [-0.05, 0) is 44.1 Å². The lowest BCUT2D eigenvalue weighted by molar-refractivity contribution is 0.254. The summed E-state index contributed by atoms with van der Waals surface area (Å²) in [5.74, 6) is 2.84. The van der Waals surface area contributed by atoms with Crippen LogP contribution in [0.2, 0.25) is 0 Å². The fourth-order valence-corrected chi connectivity index (χ4v) is 3.97. The van der Waals surface area contributed by atoms with Gasteiger partial charge in [0.15, 0.2) is 0 Å². The van der Waals surface area contributed by atoms with Crippen LogP contribution in [0.3, 0.4) is 0 Å². The van der Waals surface area contributed by atoms with Gasteiger partial charge in [0, 0.05) is 25.7 Å². The average molecular weight is 234 g/mol. The molecule has 1 heterocycles. The molecule has 2 saturated carbocycles. The van der Waals surface area contributed by atoms with E-state index in [0.29, 0.717) is 6.04 Å². The third kappa shape index (κ3) is 2.10. The summed E-state index contributed by atoms with van der Waals surface area (Å²) in [6.45, 7) is 0. The lowest BCUT2D eigenvalue weighted by Crippen LogP contribution is -2.38. The van der Waals surface area contributed by atoms with Gasteiger partial charge >= 0.3 is 0 Å². The van der Waals surface area contributed by atoms with E-state index in [-0.39, 0.29) is 0 Å². The zero-order chi connectivity index (χ0) is 11.8. The second kappa shape index (κ2) is 4.41. The Labute approximate surface area is 103 Å². The molecule has 4 heteroatoms. The van der Waals surface area contributed by atoms with Crippen LogP contribution in [0.4, 0.5) is 0 Å². The molecule has 2 aliphatic carbocycles. The lowest BCUT2D eigenvalue weighted by Gasteiger charge is -2.29. The molecule has 4 atom stereocenters. The SMILES string of the molecule is CNC(Cc1cn(C)nn1)C1CC2CCC1C2. The summed E-state index contributed by atoms with van der Waals surface area (Å²) in [6.07, 6.45) is 8.90. The van der Waals surface area contributed by atoms with Crippen LogP contribution in [-0.4, -0.2) is 28.1 Å².